The van der Waals surface area contributed by atoms with Crippen molar-refractivity contribution in [2.75, 3.05) is 0 Å². The Kier molecular flexibility index (Phi) is 13.8. The van der Waals surface area contributed by atoms with Gasteiger partial charge in [-0.15, -0.1) is 0 Å². The van der Waals surface area contributed by atoms with Crippen LogP contribution in [0.5, 0.6) is 0 Å². The fraction of sp³-hybridized carbons (Fsp3) is 1.00. The maximum atomic E-state index is 4.29. The van der Waals surface area contributed by atoms with Crippen LogP contribution in [0.4, 0.5) is 0 Å². The largest absolute Gasteiger partial charge is 1.00 e. The summed E-state index contributed by atoms with van der Waals surface area (Å²) >= 11 is 0. The summed E-state index contributed by atoms with van der Waals surface area (Å²) in [6.45, 7) is 16.2. The second-order valence-electron chi connectivity index (χ2n) is 6.14. The molecular weight excluding hydrogens is 426 g/mol. The van der Waals surface area contributed by atoms with Crippen molar-refractivity contribution in [2.45, 2.75) is 66.8 Å². The summed E-state index contributed by atoms with van der Waals surface area (Å²) in [5.41, 5.74) is 5.06. The Bertz CT molecular complexity index is 172. The van der Waals surface area contributed by atoms with Gasteiger partial charge in [0.05, 0.1) is 5.54 Å². The van der Waals surface area contributed by atoms with E-state index in [1.807, 2.05) is 0 Å². The Morgan fingerprint density at radius 3 is 1.38 bits per heavy atom. The summed E-state index contributed by atoms with van der Waals surface area (Å²) in [5.74, 6) is 0. The number of hydrogen-bond acceptors (Lipinski definition) is 0. The minimum atomic E-state index is 0. The molecule has 0 aromatic rings. The van der Waals surface area contributed by atoms with Crippen LogP contribution >= 0.6 is 0 Å². The quantitative estimate of drug-likeness (QED) is 0.430. The summed E-state index contributed by atoms with van der Waals surface area (Å²) in [6.07, 6.45) is 2.53. The Morgan fingerprint density at radius 1 is 0.875 bits per heavy atom. The topological polar surface area (TPSA) is 64.1 Å². The summed E-state index contributed by atoms with van der Waals surface area (Å²) in [6, 6.07) is 0. The maximum Gasteiger partial charge on any atom is 0.0945 e. The molecule has 0 unspecified atom stereocenters. The molecule has 0 rings (SSSR count). The fourth-order valence-corrected chi connectivity index (χ4v) is 1.85. The van der Waals surface area contributed by atoms with Gasteiger partial charge in [-0.25, -0.2) is 0 Å². The van der Waals surface area contributed by atoms with E-state index in [2.05, 4.69) is 54.2 Å². The highest BCUT2D eigenvalue weighted by Crippen LogP contribution is 2.47. The van der Waals surface area contributed by atoms with E-state index in [-0.39, 0.29) is 65.1 Å². The zero-order chi connectivity index (χ0) is 10.9. The third-order valence-corrected chi connectivity index (χ3v) is 4.26. The van der Waals surface area contributed by atoms with Crippen molar-refractivity contribution < 1.29 is 53.7 Å². The molecule has 0 aromatic heterocycles. The van der Waals surface area contributed by atoms with Crippen LogP contribution in [-0.2, 0) is 0 Å². The lowest BCUT2D eigenvalue weighted by Crippen LogP contribution is -3.00. The molecule has 0 saturated heterocycles. The van der Waals surface area contributed by atoms with Crippen LogP contribution in [0.1, 0.15) is 61.3 Å². The average molecular weight is 458 g/mol. The van der Waals surface area contributed by atoms with Gasteiger partial charge in [-0.3, -0.25) is 0 Å². The number of quaternary nitrogens is 2. The smallest absolute Gasteiger partial charge is 0.0945 e. The van der Waals surface area contributed by atoms with Crippen LogP contribution in [0.3, 0.4) is 0 Å². The molecule has 0 atom stereocenters. The summed E-state index contributed by atoms with van der Waals surface area (Å²) in [7, 11) is 0. The van der Waals surface area contributed by atoms with Gasteiger partial charge < -0.3 is 59.8 Å². The number of hydrogen-bond donors (Lipinski definition) is 2. The zero-order valence-corrected chi connectivity index (χ0v) is 16.7. The van der Waals surface area contributed by atoms with E-state index >= 15 is 0 Å². The molecule has 0 heterocycles. The van der Waals surface area contributed by atoms with Crippen LogP contribution in [0.25, 0.3) is 0 Å². The molecule has 7 N–H and O–H groups in total. The molecule has 16 heavy (non-hydrogen) atoms. The lowest BCUT2D eigenvalue weighted by molar-refractivity contribution is -0.501. The summed E-state index contributed by atoms with van der Waals surface area (Å²) < 4.78 is 0. The van der Waals surface area contributed by atoms with Crippen LogP contribution in [0.2, 0.25) is 0 Å². The van der Waals surface area contributed by atoms with E-state index in [1.165, 1.54) is 12.8 Å². The number of halogens is 2. The second-order valence-corrected chi connectivity index (χ2v) is 6.14. The van der Waals surface area contributed by atoms with Gasteiger partial charge in [0.2, 0.25) is 0 Å². The highest BCUT2D eigenvalue weighted by molar-refractivity contribution is 4.95. The molecule has 0 aromatic carbocycles. The molecule has 4 heteroatoms. The Morgan fingerprint density at radius 2 is 1.19 bits per heavy atom. The van der Waals surface area contributed by atoms with E-state index in [4.69, 9.17) is 0 Å². The highest BCUT2D eigenvalue weighted by atomic mass is 127. The van der Waals surface area contributed by atoms with Gasteiger partial charge in [0.25, 0.3) is 0 Å². The van der Waals surface area contributed by atoms with Crippen LogP contribution in [0, 0.1) is 10.8 Å². The first-order valence-electron chi connectivity index (χ1n) is 5.41. The second kappa shape index (κ2) is 8.48. The predicted molar refractivity (Wildman–Crippen MR) is 65.4 cm³/mol. The van der Waals surface area contributed by atoms with Gasteiger partial charge in [-0.1, -0.05) is 41.0 Å². The molecular formula is C12H32I2N2. The standard InChI is InChI=1S/C12H27N.2HI.H3N/c1-8-9-10(2,3)11(4,5)12(6,7)13;;;/h8-9,13H2,1-7H3;2*1H;1H3. The van der Waals surface area contributed by atoms with Crippen LogP contribution in [0.15, 0.2) is 0 Å². The monoisotopic (exact) mass is 458 g/mol. The molecule has 0 aliphatic carbocycles. The fourth-order valence-electron chi connectivity index (χ4n) is 1.85. The van der Waals surface area contributed by atoms with Crippen molar-refractivity contribution >= 4 is 0 Å². The van der Waals surface area contributed by atoms with E-state index in [9.17, 15) is 0 Å². The number of rotatable bonds is 4. The van der Waals surface area contributed by atoms with Gasteiger partial charge in [0.15, 0.2) is 0 Å². The molecule has 0 aliphatic heterocycles. The van der Waals surface area contributed by atoms with E-state index in [1.54, 1.807) is 0 Å². The van der Waals surface area contributed by atoms with Crippen molar-refractivity contribution in [1.82, 2.24) is 6.15 Å². The van der Waals surface area contributed by atoms with E-state index in [0.29, 0.717) is 5.41 Å². The third-order valence-electron chi connectivity index (χ3n) is 4.26. The molecule has 0 amide bonds. The molecule has 0 fully saturated rings. The maximum absolute atomic E-state index is 4.29. The van der Waals surface area contributed by atoms with Gasteiger partial charge in [0.1, 0.15) is 0 Å². The lowest BCUT2D eigenvalue weighted by Gasteiger charge is -2.48. The lowest BCUT2D eigenvalue weighted by atomic mass is 9.57. The molecule has 0 aliphatic rings. The third kappa shape index (κ3) is 5.82. The highest BCUT2D eigenvalue weighted by Gasteiger charge is 2.47. The molecule has 2 nitrogen and oxygen atoms in total. The Hall–Kier alpha value is 1.38. The van der Waals surface area contributed by atoms with Gasteiger partial charge in [0, 0.05) is 5.41 Å². The molecule has 0 spiro atoms. The average Bonchev–Trinajstić information content (AvgIpc) is 1.84. The van der Waals surface area contributed by atoms with Crippen molar-refractivity contribution in [3.8, 4) is 0 Å². The first-order chi connectivity index (χ1) is 5.56. The van der Waals surface area contributed by atoms with Gasteiger partial charge in [-0.2, -0.15) is 0 Å². The van der Waals surface area contributed by atoms with E-state index in [0.717, 1.165) is 0 Å². The molecule has 0 saturated carbocycles. The molecule has 0 bridgehead atoms. The zero-order valence-electron chi connectivity index (χ0n) is 12.4. The van der Waals surface area contributed by atoms with Crippen molar-refractivity contribution in [2.24, 2.45) is 10.8 Å². The van der Waals surface area contributed by atoms with Crippen molar-refractivity contribution in [1.29, 1.82) is 0 Å². The van der Waals surface area contributed by atoms with Crippen molar-refractivity contribution in [3.63, 3.8) is 0 Å². The van der Waals surface area contributed by atoms with E-state index < -0.39 is 0 Å². The summed E-state index contributed by atoms with van der Waals surface area (Å²) in [4.78, 5) is 0. The van der Waals surface area contributed by atoms with Crippen molar-refractivity contribution in [3.05, 3.63) is 0 Å². The SMILES string of the molecule is CCCC(C)(C)C(C)(C)C(C)(C)[NH3+].[I-].[I-].[NH4+]. The van der Waals surface area contributed by atoms with Gasteiger partial charge in [-0.05, 0) is 25.7 Å². The Balaban J connectivity index is -0.000000240. The first kappa shape index (κ1) is 26.0. The summed E-state index contributed by atoms with van der Waals surface area (Å²) in [5, 5.41) is 0. The minimum absolute atomic E-state index is 0. The Labute approximate surface area is 137 Å². The molecule has 104 valence electrons. The van der Waals surface area contributed by atoms with Gasteiger partial charge >= 0.3 is 0 Å². The van der Waals surface area contributed by atoms with Crippen LogP contribution in [-0.4, -0.2) is 5.54 Å². The minimum Gasteiger partial charge on any atom is -1.00 e. The normalized spacial score (nSPS) is 12.0. The van der Waals surface area contributed by atoms with Crippen LogP contribution < -0.4 is 59.8 Å². The first-order valence-corrected chi connectivity index (χ1v) is 5.41. The predicted octanol–water partition coefficient (Wildman–Crippen LogP) is -2.76. The molecule has 0 radical (unpaired) electrons.